The molecule has 1 aliphatic heterocycles. The second-order valence-electron chi connectivity index (χ2n) is 7.49. The lowest BCUT2D eigenvalue weighted by molar-refractivity contribution is 0.0928. The molecule has 32 heavy (non-hydrogen) atoms. The second kappa shape index (κ2) is 7.84. The average molecular weight is 431 g/mol. The standard InChI is InChI=1S/C23H18FN5O3/c1-29-23(31)17-6-3-2-5-16(17)19(28-29)22(30)27-12-15-10-13-9-14(24)11-18(20(13)32-15)21-25-7-4-8-26-21/h2-9,11,15H,10,12H2,1H3,(H,27,30). The molecule has 0 saturated heterocycles. The van der Waals surface area contributed by atoms with E-state index in [0.717, 1.165) is 4.68 Å². The van der Waals surface area contributed by atoms with E-state index in [2.05, 4.69) is 20.4 Å². The van der Waals surface area contributed by atoms with E-state index in [1.54, 1.807) is 42.7 Å². The minimum atomic E-state index is -0.422. The minimum Gasteiger partial charge on any atom is -0.487 e. The maximum Gasteiger partial charge on any atom is 0.274 e. The summed E-state index contributed by atoms with van der Waals surface area (Å²) in [6.07, 6.45) is 3.19. The summed E-state index contributed by atoms with van der Waals surface area (Å²) in [7, 11) is 1.50. The third-order valence-corrected chi connectivity index (χ3v) is 5.33. The third-order valence-electron chi connectivity index (χ3n) is 5.33. The van der Waals surface area contributed by atoms with Crippen molar-refractivity contribution < 1.29 is 13.9 Å². The van der Waals surface area contributed by atoms with Crippen LogP contribution in [0.1, 0.15) is 16.1 Å². The SMILES string of the molecule is Cn1nc(C(=O)NCC2Cc3cc(F)cc(-c4ncccn4)c3O2)c2ccccc2c1=O. The molecule has 4 aromatic rings. The number of nitrogens with one attached hydrogen (secondary N) is 1. The van der Waals surface area contributed by atoms with Crippen LogP contribution in [0.5, 0.6) is 5.75 Å². The van der Waals surface area contributed by atoms with Gasteiger partial charge in [-0.25, -0.2) is 19.0 Å². The quantitative estimate of drug-likeness (QED) is 0.532. The van der Waals surface area contributed by atoms with E-state index in [0.29, 0.717) is 39.9 Å². The number of hydrogen-bond acceptors (Lipinski definition) is 6. The Kier molecular flexibility index (Phi) is 4.85. The van der Waals surface area contributed by atoms with Gasteiger partial charge in [-0.05, 0) is 24.3 Å². The summed E-state index contributed by atoms with van der Waals surface area (Å²) in [6, 6.07) is 11.3. The molecule has 1 N–H and O–H groups in total. The fourth-order valence-electron chi connectivity index (χ4n) is 3.87. The molecular formula is C23H18FN5O3. The number of carbonyl (C=O) groups is 1. The van der Waals surface area contributed by atoms with Gasteiger partial charge in [-0.2, -0.15) is 5.10 Å². The van der Waals surface area contributed by atoms with Gasteiger partial charge in [0, 0.05) is 36.8 Å². The molecule has 1 aliphatic rings. The van der Waals surface area contributed by atoms with Crippen molar-refractivity contribution in [2.75, 3.05) is 6.54 Å². The van der Waals surface area contributed by atoms with Crippen LogP contribution in [0.4, 0.5) is 4.39 Å². The van der Waals surface area contributed by atoms with Crippen molar-refractivity contribution in [3.8, 4) is 17.1 Å². The molecule has 9 heteroatoms. The monoisotopic (exact) mass is 431 g/mol. The Labute approximate surface area is 181 Å². The molecular weight excluding hydrogens is 413 g/mol. The molecule has 0 saturated carbocycles. The summed E-state index contributed by atoms with van der Waals surface area (Å²) < 4.78 is 21.3. The van der Waals surface area contributed by atoms with Crippen LogP contribution in [0.15, 0.2) is 59.7 Å². The first-order chi connectivity index (χ1) is 15.5. The maximum atomic E-state index is 14.2. The number of nitrogens with zero attached hydrogens (tertiary/aromatic N) is 4. The van der Waals surface area contributed by atoms with Gasteiger partial charge in [0.1, 0.15) is 17.7 Å². The van der Waals surface area contributed by atoms with Crippen LogP contribution in [0.25, 0.3) is 22.2 Å². The van der Waals surface area contributed by atoms with Gasteiger partial charge in [-0.1, -0.05) is 18.2 Å². The van der Waals surface area contributed by atoms with Crippen LogP contribution in [-0.4, -0.2) is 38.3 Å². The lowest BCUT2D eigenvalue weighted by atomic mass is 10.1. The van der Waals surface area contributed by atoms with Crippen molar-refractivity contribution in [2.45, 2.75) is 12.5 Å². The highest BCUT2D eigenvalue weighted by Crippen LogP contribution is 2.38. The van der Waals surface area contributed by atoms with Crippen LogP contribution in [0.3, 0.4) is 0 Å². The molecule has 0 spiro atoms. The van der Waals surface area contributed by atoms with Crippen LogP contribution in [0, 0.1) is 5.82 Å². The Morgan fingerprint density at radius 3 is 2.72 bits per heavy atom. The third kappa shape index (κ3) is 3.47. The van der Waals surface area contributed by atoms with E-state index in [1.807, 2.05) is 0 Å². The molecule has 3 heterocycles. The molecule has 0 bridgehead atoms. The number of rotatable bonds is 4. The Bertz CT molecular complexity index is 1400. The van der Waals surface area contributed by atoms with E-state index < -0.39 is 17.8 Å². The van der Waals surface area contributed by atoms with Gasteiger partial charge in [0.05, 0.1) is 17.5 Å². The number of fused-ring (bicyclic) bond motifs is 2. The number of halogens is 1. The summed E-state index contributed by atoms with van der Waals surface area (Å²) in [5, 5.41) is 7.86. The van der Waals surface area contributed by atoms with E-state index in [4.69, 9.17) is 4.74 Å². The normalized spacial score (nSPS) is 14.8. The van der Waals surface area contributed by atoms with Gasteiger partial charge in [0.2, 0.25) is 0 Å². The summed E-state index contributed by atoms with van der Waals surface area (Å²) in [5.74, 6) is 0.0610. The zero-order valence-electron chi connectivity index (χ0n) is 17.1. The highest BCUT2D eigenvalue weighted by Gasteiger charge is 2.28. The van der Waals surface area contributed by atoms with Gasteiger partial charge in [-0.3, -0.25) is 9.59 Å². The van der Waals surface area contributed by atoms with Crippen LogP contribution in [-0.2, 0) is 13.5 Å². The fraction of sp³-hybridized carbons (Fsp3) is 0.174. The van der Waals surface area contributed by atoms with Gasteiger partial charge < -0.3 is 10.1 Å². The van der Waals surface area contributed by atoms with Gasteiger partial charge in [0.25, 0.3) is 11.5 Å². The van der Waals surface area contributed by atoms with E-state index in [-0.39, 0.29) is 17.8 Å². The molecule has 160 valence electrons. The first-order valence-electron chi connectivity index (χ1n) is 10.0. The van der Waals surface area contributed by atoms with Crippen LogP contribution < -0.4 is 15.6 Å². The first-order valence-corrected chi connectivity index (χ1v) is 10.0. The summed E-state index contributed by atoms with van der Waals surface area (Å²) in [5.41, 5.74) is 1.05. The van der Waals surface area contributed by atoms with Crippen LogP contribution in [0.2, 0.25) is 0 Å². The molecule has 2 aromatic heterocycles. The number of aryl methyl sites for hydroxylation is 1. The Balaban J connectivity index is 1.37. The molecule has 0 fully saturated rings. The van der Waals surface area contributed by atoms with Crippen molar-refractivity contribution >= 4 is 16.7 Å². The number of ether oxygens (including phenoxy) is 1. The number of hydrogen-bond donors (Lipinski definition) is 1. The molecule has 1 amide bonds. The molecule has 1 atom stereocenters. The summed E-state index contributed by atoms with van der Waals surface area (Å²) in [4.78, 5) is 33.5. The molecule has 0 aliphatic carbocycles. The minimum absolute atomic E-state index is 0.155. The molecule has 0 radical (unpaired) electrons. The lowest BCUT2D eigenvalue weighted by Gasteiger charge is -2.14. The van der Waals surface area contributed by atoms with Crippen LogP contribution >= 0.6 is 0 Å². The topological polar surface area (TPSA) is 99.0 Å². The Hall–Kier alpha value is -4.14. The van der Waals surface area contributed by atoms with Crippen molar-refractivity contribution in [1.29, 1.82) is 0 Å². The van der Waals surface area contributed by atoms with E-state index in [9.17, 15) is 14.0 Å². The highest BCUT2D eigenvalue weighted by molar-refractivity contribution is 6.04. The largest absolute Gasteiger partial charge is 0.487 e. The Morgan fingerprint density at radius 2 is 1.94 bits per heavy atom. The molecule has 1 unspecified atom stereocenters. The summed E-state index contributed by atoms with van der Waals surface area (Å²) >= 11 is 0. The highest BCUT2D eigenvalue weighted by atomic mass is 19.1. The number of benzene rings is 2. The zero-order valence-corrected chi connectivity index (χ0v) is 17.1. The smallest absolute Gasteiger partial charge is 0.274 e. The van der Waals surface area contributed by atoms with E-state index in [1.165, 1.54) is 19.2 Å². The lowest BCUT2D eigenvalue weighted by Crippen LogP contribution is -2.36. The fourth-order valence-corrected chi connectivity index (χ4v) is 3.87. The van der Waals surface area contributed by atoms with Crippen molar-refractivity contribution in [3.63, 3.8) is 0 Å². The van der Waals surface area contributed by atoms with E-state index >= 15 is 0 Å². The Morgan fingerprint density at radius 1 is 1.19 bits per heavy atom. The zero-order chi connectivity index (χ0) is 22.2. The van der Waals surface area contributed by atoms with Crippen molar-refractivity contribution in [1.82, 2.24) is 25.1 Å². The first kappa shape index (κ1) is 19.8. The molecule has 2 aromatic carbocycles. The summed E-state index contributed by atoms with van der Waals surface area (Å²) in [6.45, 7) is 0.184. The van der Waals surface area contributed by atoms with Crippen molar-refractivity contribution in [2.24, 2.45) is 7.05 Å². The predicted octanol–water partition coefficient (Wildman–Crippen LogP) is 2.26. The van der Waals surface area contributed by atoms with Gasteiger partial charge in [0.15, 0.2) is 11.5 Å². The predicted molar refractivity (Wildman–Crippen MR) is 115 cm³/mol. The van der Waals surface area contributed by atoms with Crippen molar-refractivity contribution in [3.05, 3.63) is 82.3 Å². The second-order valence-corrected chi connectivity index (χ2v) is 7.49. The van der Waals surface area contributed by atoms with Gasteiger partial charge in [-0.15, -0.1) is 0 Å². The number of amides is 1. The number of aromatic nitrogens is 4. The maximum absolute atomic E-state index is 14.2. The average Bonchev–Trinajstić information content (AvgIpc) is 3.22. The molecule has 5 rings (SSSR count). The molecule has 8 nitrogen and oxygen atoms in total. The van der Waals surface area contributed by atoms with Gasteiger partial charge >= 0.3 is 0 Å². The number of carbonyl (C=O) groups excluding carboxylic acids is 1.